The van der Waals surface area contributed by atoms with Gasteiger partial charge in [-0.15, -0.1) is 0 Å². The van der Waals surface area contributed by atoms with Gasteiger partial charge in [0, 0.05) is 43.0 Å². The van der Waals surface area contributed by atoms with E-state index >= 15 is 0 Å². The number of nitrogens with zero attached hydrogens (tertiary/aromatic N) is 2. The third kappa shape index (κ3) is 3.75. The molecule has 152 valence electrons. The molecule has 0 spiro atoms. The van der Waals surface area contributed by atoms with Gasteiger partial charge in [0.15, 0.2) is 0 Å². The molecule has 5 heteroatoms. The molecule has 5 nitrogen and oxygen atoms in total. The average molecular weight is 399 g/mol. The molecule has 1 saturated heterocycles. The number of nitrogens with two attached hydrogens (primary N) is 1. The maximum Gasteiger partial charge on any atom is 0.244 e. The second-order valence-electron chi connectivity index (χ2n) is 8.32. The van der Waals surface area contributed by atoms with Gasteiger partial charge in [0.25, 0.3) is 0 Å². The Labute approximate surface area is 176 Å². The highest BCUT2D eigenvalue weighted by atomic mass is 16.1. The molecule has 0 radical (unpaired) electrons. The summed E-state index contributed by atoms with van der Waals surface area (Å²) in [6.07, 6.45) is 6.03. The van der Waals surface area contributed by atoms with Crippen molar-refractivity contribution in [2.75, 3.05) is 30.3 Å². The number of fused-ring (bicyclic) bond motifs is 2. The van der Waals surface area contributed by atoms with Gasteiger partial charge < -0.3 is 16.0 Å². The van der Waals surface area contributed by atoms with E-state index in [-0.39, 0.29) is 5.91 Å². The largest absolute Gasteiger partial charge is 0.384 e. The van der Waals surface area contributed by atoms with Gasteiger partial charge in [-0.2, -0.15) is 0 Å². The molecule has 1 aliphatic carbocycles. The van der Waals surface area contributed by atoms with Crippen LogP contribution in [-0.4, -0.2) is 30.5 Å². The van der Waals surface area contributed by atoms with Crippen molar-refractivity contribution in [2.24, 2.45) is 17.8 Å². The Balaban J connectivity index is 1.09. The van der Waals surface area contributed by atoms with Gasteiger partial charge in [0.1, 0.15) is 5.82 Å². The first kappa shape index (κ1) is 18.7. The van der Waals surface area contributed by atoms with Crippen LogP contribution in [-0.2, 0) is 4.79 Å². The van der Waals surface area contributed by atoms with Crippen LogP contribution in [0.4, 0.5) is 11.5 Å². The van der Waals surface area contributed by atoms with E-state index in [0.29, 0.717) is 5.82 Å². The Bertz CT molecular complexity index is 1070. The fourth-order valence-electron chi connectivity index (χ4n) is 4.87. The lowest BCUT2D eigenvalue weighted by Crippen LogP contribution is -2.26. The standard InChI is InChI=1S/C25H26N4O/c26-24-10-8-17(14-28-24)9-11-25(30)27-13-12-20-21-15-29(16-22(20)21)23-7-3-5-18-4-1-2-6-19(18)23/h1-11,14,20-22H,12-13,15-16H2,(H2,26,28)(H,27,30)/b11-9+. The topological polar surface area (TPSA) is 71.2 Å². The number of nitrogen functional groups attached to an aromatic ring is 1. The number of rotatable bonds is 6. The van der Waals surface area contributed by atoms with Gasteiger partial charge in [-0.25, -0.2) is 4.98 Å². The van der Waals surface area contributed by atoms with Crippen LogP contribution in [0.2, 0.25) is 0 Å². The highest BCUT2D eigenvalue weighted by molar-refractivity contribution is 5.94. The van der Waals surface area contributed by atoms with Crippen molar-refractivity contribution >= 4 is 34.3 Å². The van der Waals surface area contributed by atoms with Crippen molar-refractivity contribution in [1.29, 1.82) is 0 Å². The van der Waals surface area contributed by atoms with Crippen LogP contribution < -0.4 is 16.0 Å². The first-order valence-corrected chi connectivity index (χ1v) is 10.6. The van der Waals surface area contributed by atoms with Crippen molar-refractivity contribution in [1.82, 2.24) is 10.3 Å². The van der Waals surface area contributed by atoms with Crippen LogP contribution in [0.15, 0.2) is 66.9 Å². The molecule has 1 saturated carbocycles. The molecule has 5 rings (SSSR count). The predicted molar refractivity (Wildman–Crippen MR) is 122 cm³/mol. The van der Waals surface area contributed by atoms with Gasteiger partial charge in [-0.05, 0) is 59.4 Å². The average Bonchev–Trinajstić information content (AvgIpc) is 3.21. The Kier molecular flexibility index (Phi) is 4.87. The van der Waals surface area contributed by atoms with E-state index < -0.39 is 0 Å². The molecule has 1 aliphatic heterocycles. The molecule has 3 aromatic rings. The minimum atomic E-state index is -0.0602. The Morgan fingerprint density at radius 2 is 1.90 bits per heavy atom. The summed E-state index contributed by atoms with van der Waals surface area (Å²) >= 11 is 0. The molecule has 2 fully saturated rings. The van der Waals surface area contributed by atoms with E-state index in [4.69, 9.17) is 5.73 Å². The van der Waals surface area contributed by atoms with Gasteiger partial charge in [-0.3, -0.25) is 4.79 Å². The predicted octanol–water partition coefficient (Wildman–Crippen LogP) is 3.72. The molecular formula is C25H26N4O. The van der Waals surface area contributed by atoms with Crippen LogP contribution in [0.25, 0.3) is 16.8 Å². The Morgan fingerprint density at radius 3 is 2.70 bits per heavy atom. The number of carbonyl (C=O) groups excluding carboxylic acids is 1. The normalized spacial score (nSPS) is 22.4. The van der Waals surface area contributed by atoms with Gasteiger partial charge in [0.05, 0.1) is 0 Å². The zero-order valence-corrected chi connectivity index (χ0v) is 16.9. The number of carbonyl (C=O) groups is 1. The molecule has 2 unspecified atom stereocenters. The fraction of sp³-hybridized carbons (Fsp3) is 0.280. The van der Waals surface area contributed by atoms with Crippen molar-refractivity contribution in [3.8, 4) is 0 Å². The molecular weight excluding hydrogens is 372 g/mol. The lowest BCUT2D eigenvalue weighted by molar-refractivity contribution is -0.116. The first-order chi connectivity index (χ1) is 14.7. The fourth-order valence-corrected chi connectivity index (χ4v) is 4.87. The third-order valence-corrected chi connectivity index (χ3v) is 6.49. The number of hydrogen-bond acceptors (Lipinski definition) is 4. The van der Waals surface area contributed by atoms with E-state index in [9.17, 15) is 4.79 Å². The van der Waals surface area contributed by atoms with Crippen LogP contribution in [0, 0.1) is 17.8 Å². The van der Waals surface area contributed by atoms with Crippen LogP contribution >= 0.6 is 0 Å². The van der Waals surface area contributed by atoms with E-state index in [1.165, 1.54) is 16.5 Å². The summed E-state index contributed by atoms with van der Waals surface area (Å²) in [5.74, 6) is 2.68. The van der Waals surface area contributed by atoms with E-state index in [2.05, 4.69) is 57.7 Å². The summed E-state index contributed by atoms with van der Waals surface area (Å²) in [7, 11) is 0. The van der Waals surface area contributed by atoms with Crippen LogP contribution in [0.5, 0.6) is 0 Å². The molecule has 1 aromatic heterocycles. The maximum absolute atomic E-state index is 12.0. The summed E-state index contributed by atoms with van der Waals surface area (Å²) in [6.45, 7) is 2.98. The number of nitrogens with one attached hydrogen (secondary N) is 1. The number of pyridine rings is 1. The highest BCUT2D eigenvalue weighted by Gasteiger charge is 2.54. The SMILES string of the molecule is Nc1ccc(/C=C/C(=O)NCCC2C3CN(c4cccc5ccccc45)CC23)cn1. The third-order valence-electron chi connectivity index (χ3n) is 6.49. The molecule has 3 N–H and O–H groups in total. The monoisotopic (exact) mass is 398 g/mol. The summed E-state index contributed by atoms with van der Waals surface area (Å²) < 4.78 is 0. The Hall–Kier alpha value is -3.34. The van der Waals surface area contributed by atoms with Crippen LogP contribution in [0.1, 0.15) is 12.0 Å². The molecule has 2 aromatic carbocycles. The van der Waals surface area contributed by atoms with Gasteiger partial charge in [-0.1, -0.05) is 36.4 Å². The van der Waals surface area contributed by atoms with Crippen molar-refractivity contribution < 1.29 is 4.79 Å². The lowest BCUT2D eigenvalue weighted by atomic mass is 10.1. The number of piperidine rings is 1. The van der Waals surface area contributed by atoms with E-state index in [1.807, 2.05) is 6.07 Å². The molecule has 2 heterocycles. The minimum absolute atomic E-state index is 0.0602. The number of anilines is 2. The quantitative estimate of drug-likeness (QED) is 0.621. The molecule has 1 amide bonds. The van der Waals surface area contributed by atoms with E-state index in [1.54, 1.807) is 24.4 Å². The second-order valence-corrected chi connectivity index (χ2v) is 8.32. The number of hydrogen-bond donors (Lipinski definition) is 2. The smallest absolute Gasteiger partial charge is 0.244 e. The molecule has 30 heavy (non-hydrogen) atoms. The molecule has 2 aliphatic rings. The van der Waals surface area contributed by atoms with Gasteiger partial charge >= 0.3 is 0 Å². The lowest BCUT2D eigenvalue weighted by Gasteiger charge is -2.23. The molecule has 0 bridgehead atoms. The second kappa shape index (κ2) is 7.82. The molecule has 2 atom stereocenters. The summed E-state index contributed by atoms with van der Waals surface area (Å²) in [5, 5.41) is 5.65. The Morgan fingerprint density at radius 1 is 1.10 bits per heavy atom. The van der Waals surface area contributed by atoms with Gasteiger partial charge in [0.2, 0.25) is 5.91 Å². The van der Waals surface area contributed by atoms with Crippen LogP contribution in [0.3, 0.4) is 0 Å². The van der Waals surface area contributed by atoms with Crippen molar-refractivity contribution in [2.45, 2.75) is 6.42 Å². The highest BCUT2D eigenvalue weighted by Crippen LogP contribution is 2.54. The zero-order valence-electron chi connectivity index (χ0n) is 16.9. The zero-order chi connectivity index (χ0) is 20.5. The summed E-state index contributed by atoms with van der Waals surface area (Å²) in [4.78, 5) is 18.6. The number of amides is 1. The number of aromatic nitrogens is 1. The van der Waals surface area contributed by atoms with Crippen molar-refractivity contribution in [3.63, 3.8) is 0 Å². The van der Waals surface area contributed by atoms with E-state index in [0.717, 1.165) is 49.4 Å². The maximum atomic E-state index is 12.0. The number of benzene rings is 2. The minimum Gasteiger partial charge on any atom is -0.384 e. The first-order valence-electron chi connectivity index (χ1n) is 10.6. The summed E-state index contributed by atoms with van der Waals surface area (Å²) in [6, 6.07) is 18.8. The van der Waals surface area contributed by atoms with Crippen molar-refractivity contribution in [3.05, 3.63) is 72.4 Å². The summed E-state index contributed by atoms with van der Waals surface area (Å²) in [5.41, 5.74) is 7.79.